The van der Waals surface area contributed by atoms with Gasteiger partial charge in [0.05, 0.1) is 24.7 Å². The molecule has 0 amide bonds. The van der Waals surface area contributed by atoms with Crippen molar-refractivity contribution in [2.24, 2.45) is 5.73 Å². The Morgan fingerprint density at radius 3 is 2.56 bits per heavy atom. The van der Waals surface area contributed by atoms with Crippen LogP contribution in [0.25, 0.3) is 0 Å². The number of nitrogens with two attached hydrogens (primary N) is 1. The Bertz CT molecular complexity index is 299. The van der Waals surface area contributed by atoms with E-state index in [0.717, 1.165) is 18.1 Å². The molecule has 0 aliphatic carbocycles. The van der Waals surface area contributed by atoms with Gasteiger partial charge in [-0.1, -0.05) is 0 Å². The van der Waals surface area contributed by atoms with Gasteiger partial charge in [-0.3, -0.25) is 4.98 Å². The van der Waals surface area contributed by atoms with E-state index in [1.165, 1.54) is 0 Å². The smallest absolute Gasteiger partial charge is 0.147 e. The first-order valence-corrected chi connectivity index (χ1v) is 5.45. The maximum atomic E-state index is 5.48. The Morgan fingerprint density at radius 2 is 2.12 bits per heavy atom. The summed E-state index contributed by atoms with van der Waals surface area (Å²) in [5, 5.41) is 0. The van der Waals surface area contributed by atoms with Crippen molar-refractivity contribution < 1.29 is 4.74 Å². The molecule has 0 aliphatic rings. The molecule has 0 aromatic carbocycles. The average Bonchev–Trinajstić information content (AvgIpc) is 2.30. The third-order valence-electron chi connectivity index (χ3n) is 2.35. The Hall–Kier alpha value is -1.20. The number of rotatable bonds is 6. The van der Waals surface area contributed by atoms with Crippen molar-refractivity contribution in [3.8, 4) is 0 Å². The number of hydrogen-bond acceptors (Lipinski definition) is 5. The third kappa shape index (κ3) is 3.43. The summed E-state index contributed by atoms with van der Waals surface area (Å²) in [5.74, 6) is 0.865. The average molecular weight is 224 g/mol. The van der Waals surface area contributed by atoms with Gasteiger partial charge in [0, 0.05) is 26.2 Å². The molecule has 5 heteroatoms. The van der Waals surface area contributed by atoms with Crippen LogP contribution in [-0.2, 0) is 11.3 Å². The van der Waals surface area contributed by atoms with Crippen LogP contribution in [0.3, 0.4) is 0 Å². The topological polar surface area (TPSA) is 64.3 Å². The number of methoxy groups -OCH3 is 1. The van der Waals surface area contributed by atoms with E-state index in [4.69, 9.17) is 10.5 Å². The summed E-state index contributed by atoms with van der Waals surface area (Å²) >= 11 is 0. The first-order valence-electron chi connectivity index (χ1n) is 5.45. The summed E-state index contributed by atoms with van der Waals surface area (Å²) in [7, 11) is 1.70. The van der Waals surface area contributed by atoms with Crippen LogP contribution < -0.4 is 10.6 Å². The highest BCUT2D eigenvalue weighted by Crippen LogP contribution is 2.12. The number of nitrogens with zero attached hydrogens (tertiary/aromatic N) is 3. The van der Waals surface area contributed by atoms with Gasteiger partial charge in [0.2, 0.25) is 0 Å². The molecule has 1 aromatic rings. The second-order valence-electron chi connectivity index (χ2n) is 3.85. The van der Waals surface area contributed by atoms with E-state index < -0.39 is 0 Å². The van der Waals surface area contributed by atoms with Gasteiger partial charge >= 0.3 is 0 Å². The molecule has 0 spiro atoms. The van der Waals surface area contributed by atoms with Gasteiger partial charge in [0.1, 0.15) is 5.82 Å². The molecule has 0 saturated carbocycles. The van der Waals surface area contributed by atoms with Crippen molar-refractivity contribution >= 4 is 5.82 Å². The van der Waals surface area contributed by atoms with E-state index in [9.17, 15) is 0 Å². The summed E-state index contributed by atoms with van der Waals surface area (Å²) in [6, 6.07) is 0.369. The van der Waals surface area contributed by atoms with Crippen molar-refractivity contribution in [2.75, 3.05) is 25.2 Å². The van der Waals surface area contributed by atoms with Gasteiger partial charge in [-0.2, -0.15) is 0 Å². The lowest BCUT2D eigenvalue weighted by atomic mass is 10.3. The van der Waals surface area contributed by atoms with Gasteiger partial charge in [0.15, 0.2) is 0 Å². The van der Waals surface area contributed by atoms with E-state index >= 15 is 0 Å². The number of hydrogen-bond donors (Lipinski definition) is 1. The highest BCUT2D eigenvalue weighted by atomic mass is 16.5. The second kappa shape index (κ2) is 6.40. The molecule has 16 heavy (non-hydrogen) atoms. The van der Waals surface area contributed by atoms with Crippen LogP contribution in [0, 0.1) is 0 Å². The van der Waals surface area contributed by atoms with Crippen molar-refractivity contribution in [3.05, 3.63) is 18.1 Å². The number of anilines is 1. The molecule has 0 aliphatic heterocycles. The normalized spacial score (nSPS) is 10.8. The summed E-state index contributed by atoms with van der Waals surface area (Å²) in [5.41, 5.74) is 6.28. The fourth-order valence-corrected chi connectivity index (χ4v) is 1.43. The predicted molar refractivity (Wildman–Crippen MR) is 64.3 cm³/mol. The van der Waals surface area contributed by atoms with E-state index in [1.54, 1.807) is 19.5 Å². The minimum atomic E-state index is 0.369. The highest BCUT2D eigenvalue weighted by Gasteiger charge is 2.11. The molecule has 2 N–H and O–H groups in total. The van der Waals surface area contributed by atoms with Gasteiger partial charge in [-0.05, 0) is 13.8 Å². The monoisotopic (exact) mass is 224 g/mol. The molecule has 0 radical (unpaired) electrons. The summed E-state index contributed by atoms with van der Waals surface area (Å²) < 4.78 is 5.08. The van der Waals surface area contributed by atoms with Crippen LogP contribution in [-0.4, -0.2) is 36.3 Å². The summed E-state index contributed by atoms with van der Waals surface area (Å²) in [6.45, 7) is 6.15. The third-order valence-corrected chi connectivity index (χ3v) is 2.35. The molecular weight excluding hydrogens is 204 g/mol. The maximum absolute atomic E-state index is 5.48. The lowest BCUT2D eigenvalue weighted by Gasteiger charge is -2.27. The molecule has 0 atom stereocenters. The molecule has 1 aromatic heterocycles. The molecule has 0 unspecified atom stereocenters. The van der Waals surface area contributed by atoms with Gasteiger partial charge < -0.3 is 15.4 Å². The van der Waals surface area contributed by atoms with Crippen LogP contribution in [0.1, 0.15) is 19.5 Å². The van der Waals surface area contributed by atoms with Crippen molar-refractivity contribution in [1.82, 2.24) is 9.97 Å². The van der Waals surface area contributed by atoms with Crippen LogP contribution in [0.15, 0.2) is 12.4 Å². The highest BCUT2D eigenvalue weighted by molar-refractivity contribution is 5.36. The van der Waals surface area contributed by atoms with Gasteiger partial charge in [-0.25, -0.2) is 4.98 Å². The fourth-order valence-electron chi connectivity index (χ4n) is 1.43. The van der Waals surface area contributed by atoms with Crippen LogP contribution in [0.4, 0.5) is 5.82 Å². The first kappa shape index (κ1) is 12.9. The van der Waals surface area contributed by atoms with Crippen molar-refractivity contribution in [1.29, 1.82) is 0 Å². The van der Waals surface area contributed by atoms with Gasteiger partial charge in [0.25, 0.3) is 0 Å². The van der Waals surface area contributed by atoms with Crippen molar-refractivity contribution in [3.63, 3.8) is 0 Å². The summed E-state index contributed by atoms with van der Waals surface area (Å²) in [4.78, 5) is 10.7. The zero-order chi connectivity index (χ0) is 12.0. The van der Waals surface area contributed by atoms with E-state index in [2.05, 4.69) is 28.7 Å². The summed E-state index contributed by atoms with van der Waals surface area (Å²) in [6.07, 6.45) is 3.48. The standard InChI is InChI=1S/C11H20N4O/c1-9(2)15(4-5-16-3)11-8-13-10(6-12)7-14-11/h7-9H,4-6,12H2,1-3H3. The van der Waals surface area contributed by atoms with E-state index in [-0.39, 0.29) is 0 Å². The second-order valence-corrected chi connectivity index (χ2v) is 3.85. The lowest BCUT2D eigenvalue weighted by Crippen LogP contribution is -2.34. The quantitative estimate of drug-likeness (QED) is 0.774. The lowest BCUT2D eigenvalue weighted by molar-refractivity contribution is 0.203. The minimum Gasteiger partial charge on any atom is -0.383 e. The van der Waals surface area contributed by atoms with Crippen LogP contribution in [0.5, 0.6) is 0 Å². The molecule has 0 saturated heterocycles. The van der Waals surface area contributed by atoms with E-state index in [1.807, 2.05) is 0 Å². The predicted octanol–water partition coefficient (Wildman–Crippen LogP) is 0.797. The Labute approximate surface area is 96.6 Å². The Balaban J connectivity index is 2.75. The molecule has 0 fully saturated rings. The van der Waals surface area contributed by atoms with Crippen molar-refractivity contribution in [2.45, 2.75) is 26.4 Å². The number of ether oxygens (including phenoxy) is 1. The molecular formula is C11H20N4O. The van der Waals surface area contributed by atoms with Crippen LogP contribution in [0.2, 0.25) is 0 Å². The molecule has 0 bridgehead atoms. The fraction of sp³-hybridized carbons (Fsp3) is 0.636. The van der Waals surface area contributed by atoms with E-state index in [0.29, 0.717) is 19.2 Å². The molecule has 1 heterocycles. The Kier molecular flexibility index (Phi) is 5.14. The molecule has 1 rings (SSSR count). The Morgan fingerprint density at radius 1 is 1.38 bits per heavy atom. The first-order chi connectivity index (χ1) is 7.69. The number of aromatic nitrogens is 2. The SMILES string of the molecule is COCCN(c1cnc(CN)cn1)C(C)C. The molecule has 90 valence electrons. The maximum Gasteiger partial charge on any atom is 0.147 e. The largest absolute Gasteiger partial charge is 0.383 e. The minimum absolute atomic E-state index is 0.369. The van der Waals surface area contributed by atoms with Gasteiger partial charge in [-0.15, -0.1) is 0 Å². The zero-order valence-electron chi connectivity index (χ0n) is 10.2. The molecule has 5 nitrogen and oxygen atoms in total. The van der Waals surface area contributed by atoms with Crippen LogP contribution >= 0.6 is 0 Å². The zero-order valence-corrected chi connectivity index (χ0v) is 10.2.